The standard InChI is InChI=1S/C22H18BrN3O2/c1-14-22(17-5-3-4-6-19(17)25(14)2)20(27)13-26-21(28)12-11-18(24-26)15-7-9-16(23)10-8-15/h3-12H,13H2,1-2H3. The summed E-state index contributed by atoms with van der Waals surface area (Å²) < 4.78 is 4.20. The zero-order valence-corrected chi connectivity index (χ0v) is 17.1. The van der Waals surface area contributed by atoms with Crippen molar-refractivity contribution < 1.29 is 4.79 Å². The van der Waals surface area contributed by atoms with Crippen LogP contribution >= 0.6 is 15.9 Å². The highest BCUT2D eigenvalue weighted by atomic mass is 79.9. The summed E-state index contributed by atoms with van der Waals surface area (Å²) in [6.07, 6.45) is 0. The van der Waals surface area contributed by atoms with Gasteiger partial charge < -0.3 is 4.57 Å². The van der Waals surface area contributed by atoms with Crippen molar-refractivity contribution in [1.82, 2.24) is 14.3 Å². The van der Waals surface area contributed by atoms with Gasteiger partial charge >= 0.3 is 0 Å². The molecule has 0 saturated carbocycles. The van der Waals surface area contributed by atoms with Crippen molar-refractivity contribution in [1.29, 1.82) is 0 Å². The quantitative estimate of drug-likeness (QED) is 0.447. The molecule has 0 radical (unpaired) electrons. The summed E-state index contributed by atoms with van der Waals surface area (Å²) in [4.78, 5) is 25.4. The van der Waals surface area contributed by atoms with Gasteiger partial charge in [-0.05, 0) is 31.2 Å². The SMILES string of the molecule is Cc1c(C(=O)Cn2nc(-c3ccc(Br)cc3)ccc2=O)c2ccccc2n1C. The number of carbonyl (C=O) groups excluding carboxylic acids is 1. The Bertz CT molecular complexity index is 1250. The zero-order chi connectivity index (χ0) is 19.8. The Morgan fingerprint density at radius 3 is 2.50 bits per heavy atom. The van der Waals surface area contributed by atoms with Crippen LogP contribution in [0.5, 0.6) is 0 Å². The van der Waals surface area contributed by atoms with Gasteiger partial charge in [-0.15, -0.1) is 0 Å². The van der Waals surface area contributed by atoms with Gasteiger partial charge in [0, 0.05) is 45.3 Å². The number of ketones is 1. The van der Waals surface area contributed by atoms with Crippen LogP contribution in [0.4, 0.5) is 0 Å². The fraction of sp³-hybridized carbons (Fsp3) is 0.136. The number of halogens is 1. The minimum Gasteiger partial charge on any atom is -0.347 e. The number of benzene rings is 2. The first-order valence-corrected chi connectivity index (χ1v) is 9.66. The number of Topliss-reactive ketones (excluding diaryl/α,β-unsaturated/α-hetero) is 1. The summed E-state index contributed by atoms with van der Waals surface area (Å²) >= 11 is 3.41. The summed E-state index contributed by atoms with van der Waals surface area (Å²) in [5, 5.41) is 5.31. The van der Waals surface area contributed by atoms with Crippen LogP contribution in [0.2, 0.25) is 0 Å². The first kappa shape index (κ1) is 18.4. The van der Waals surface area contributed by atoms with Gasteiger partial charge in [0.15, 0.2) is 5.78 Å². The van der Waals surface area contributed by atoms with E-state index in [4.69, 9.17) is 0 Å². The van der Waals surface area contributed by atoms with Crippen LogP contribution in [0.25, 0.3) is 22.2 Å². The summed E-state index contributed by atoms with van der Waals surface area (Å²) in [5.74, 6) is -0.128. The number of hydrogen-bond donors (Lipinski definition) is 0. The lowest BCUT2D eigenvalue weighted by Crippen LogP contribution is -2.26. The highest BCUT2D eigenvalue weighted by Gasteiger charge is 2.19. The minimum absolute atomic E-state index is 0.0992. The van der Waals surface area contributed by atoms with E-state index in [1.165, 1.54) is 10.7 Å². The Morgan fingerprint density at radius 2 is 1.75 bits per heavy atom. The lowest BCUT2D eigenvalue weighted by molar-refractivity contribution is 0.0966. The maximum absolute atomic E-state index is 13.1. The first-order chi connectivity index (χ1) is 13.5. The molecule has 0 aliphatic rings. The van der Waals surface area contributed by atoms with Gasteiger partial charge in [0.1, 0.15) is 6.54 Å². The summed E-state index contributed by atoms with van der Waals surface area (Å²) in [5.41, 5.74) is 3.74. The topological polar surface area (TPSA) is 56.9 Å². The smallest absolute Gasteiger partial charge is 0.267 e. The van der Waals surface area contributed by atoms with Gasteiger partial charge in [-0.1, -0.05) is 46.3 Å². The maximum Gasteiger partial charge on any atom is 0.267 e. The number of carbonyl (C=O) groups is 1. The van der Waals surface area contributed by atoms with E-state index in [1.807, 2.05) is 67.1 Å². The molecule has 0 spiro atoms. The molecule has 0 fully saturated rings. The van der Waals surface area contributed by atoms with Crippen molar-refractivity contribution in [2.45, 2.75) is 13.5 Å². The third-order valence-electron chi connectivity index (χ3n) is 4.98. The Labute approximate surface area is 170 Å². The van der Waals surface area contributed by atoms with Crippen LogP contribution in [0.1, 0.15) is 16.1 Å². The van der Waals surface area contributed by atoms with Crippen LogP contribution < -0.4 is 5.56 Å². The normalized spacial score (nSPS) is 11.1. The molecule has 0 aliphatic heterocycles. The summed E-state index contributed by atoms with van der Waals surface area (Å²) in [7, 11) is 1.94. The van der Waals surface area contributed by atoms with E-state index in [0.717, 1.165) is 26.6 Å². The number of aromatic nitrogens is 3. The number of hydrogen-bond acceptors (Lipinski definition) is 3. The molecule has 5 nitrogen and oxygen atoms in total. The summed E-state index contributed by atoms with van der Waals surface area (Å²) in [6.45, 7) is 1.82. The molecule has 2 aromatic carbocycles. The van der Waals surface area contributed by atoms with E-state index < -0.39 is 0 Å². The van der Waals surface area contributed by atoms with Crippen molar-refractivity contribution in [3.05, 3.63) is 86.7 Å². The van der Waals surface area contributed by atoms with Gasteiger partial charge in [0.25, 0.3) is 5.56 Å². The van der Waals surface area contributed by atoms with Crippen molar-refractivity contribution in [2.24, 2.45) is 7.05 Å². The molecule has 0 N–H and O–H groups in total. The molecule has 4 aromatic rings. The highest BCUT2D eigenvalue weighted by Crippen LogP contribution is 2.25. The second-order valence-corrected chi connectivity index (χ2v) is 7.60. The molecule has 0 saturated heterocycles. The number of fused-ring (bicyclic) bond motifs is 1. The molecule has 28 heavy (non-hydrogen) atoms. The number of nitrogens with zero attached hydrogens (tertiary/aromatic N) is 3. The molecule has 6 heteroatoms. The van der Waals surface area contributed by atoms with E-state index in [9.17, 15) is 9.59 Å². The summed E-state index contributed by atoms with van der Waals surface area (Å²) in [6, 6.07) is 18.6. The second kappa shape index (κ2) is 7.20. The average molecular weight is 436 g/mol. The van der Waals surface area contributed by atoms with Gasteiger partial charge in [0.2, 0.25) is 0 Å². The minimum atomic E-state index is -0.299. The lowest BCUT2D eigenvalue weighted by atomic mass is 10.1. The Balaban J connectivity index is 1.73. The van der Waals surface area contributed by atoms with Crippen LogP contribution in [0.3, 0.4) is 0 Å². The van der Waals surface area contributed by atoms with Crippen LogP contribution in [-0.4, -0.2) is 20.1 Å². The molecule has 0 unspecified atom stereocenters. The Hall–Kier alpha value is -2.99. The van der Waals surface area contributed by atoms with Crippen LogP contribution in [0, 0.1) is 6.92 Å². The van der Waals surface area contributed by atoms with Crippen molar-refractivity contribution in [2.75, 3.05) is 0 Å². The molecule has 4 rings (SSSR count). The molecular formula is C22H18BrN3O2. The largest absolute Gasteiger partial charge is 0.347 e. The van der Waals surface area contributed by atoms with Gasteiger partial charge in [-0.2, -0.15) is 5.10 Å². The van der Waals surface area contributed by atoms with E-state index in [2.05, 4.69) is 21.0 Å². The fourth-order valence-electron chi connectivity index (χ4n) is 3.42. The monoisotopic (exact) mass is 435 g/mol. The van der Waals surface area contributed by atoms with Gasteiger partial charge in [0.05, 0.1) is 5.69 Å². The number of para-hydroxylation sites is 1. The van der Waals surface area contributed by atoms with Crippen molar-refractivity contribution in [3.8, 4) is 11.3 Å². The predicted octanol–water partition coefficient (Wildman–Crippen LogP) is 4.36. The fourth-order valence-corrected chi connectivity index (χ4v) is 3.69. The number of rotatable bonds is 4. The first-order valence-electron chi connectivity index (χ1n) is 8.87. The maximum atomic E-state index is 13.1. The van der Waals surface area contributed by atoms with Crippen LogP contribution in [0.15, 0.2) is 69.9 Å². The highest BCUT2D eigenvalue weighted by molar-refractivity contribution is 9.10. The molecule has 2 heterocycles. The van der Waals surface area contributed by atoms with E-state index in [0.29, 0.717) is 11.3 Å². The third-order valence-corrected chi connectivity index (χ3v) is 5.51. The Kier molecular flexibility index (Phi) is 4.73. The predicted molar refractivity (Wildman–Crippen MR) is 114 cm³/mol. The van der Waals surface area contributed by atoms with Gasteiger partial charge in [-0.25, -0.2) is 4.68 Å². The number of aryl methyl sites for hydroxylation is 1. The van der Waals surface area contributed by atoms with Crippen molar-refractivity contribution in [3.63, 3.8) is 0 Å². The second-order valence-electron chi connectivity index (χ2n) is 6.68. The molecule has 140 valence electrons. The van der Waals surface area contributed by atoms with Crippen LogP contribution in [-0.2, 0) is 13.6 Å². The molecule has 0 aliphatic carbocycles. The molecule has 0 atom stereocenters. The van der Waals surface area contributed by atoms with E-state index >= 15 is 0 Å². The lowest BCUT2D eigenvalue weighted by Gasteiger charge is -2.08. The van der Waals surface area contributed by atoms with E-state index in [1.54, 1.807) is 6.07 Å². The Morgan fingerprint density at radius 1 is 1.04 bits per heavy atom. The third kappa shape index (κ3) is 3.20. The average Bonchev–Trinajstić information content (AvgIpc) is 2.95. The van der Waals surface area contributed by atoms with E-state index in [-0.39, 0.29) is 17.9 Å². The van der Waals surface area contributed by atoms with Crippen molar-refractivity contribution >= 4 is 32.6 Å². The van der Waals surface area contributed by atoms with Gasteiger partial charge in [-0.3, -0.25) is 9.59 Å². The molecule has 0 bridgehead atoms. The zero-order valence-electron chi connectivity index (χ0n) is 15.5. The molecule has 2 aromatic heterocycles. The molecular weight excluding hydrogens is 418 g/mol. The molecule has 0 amide bonds.